The van der Waals surface area contributed by atoms with Crippen molar-refractivity contribution in [3.8, 4) is 0 Å². The summed E-state index contributed by atoms with van der Waals surface area (Å²) in [5.74, 6) is -3.35. The molecule has 1 heterocycles. The van der Waals surface area contributed by atoms with E-state index in [2.05, 4.69) is 4.90 Å². The molecule has 1 aromatic rings. The van der Waals surface area contributed by atoms with Crippen LogP contribution in [0, 0.1) is 0 Å². The average molecular weight is 566 g/mol. The standard InChI is InChI=1S/C27H43N5O8/c1-3-29(17-24(33)34)11-12-30(18-25(35)36)13-16-32(19-26(37)38)23(21-40-20-22-7-5-4-6-8-22)27(39)31-14-9-28(2)10-15-31/h4-8,23H,3,9-21H2,1-2H3,(H,33,34)(H,35,36)(H,37,38). The van der Waals surface area contributed by atoms with Crippen molar-refractivity contribution in [2.45, 2.75) is 19.6 Å². The Morgan fingerprint density at radius 2 is 1.38 bits per heavy atom. The van der Waals surface area contributed by atoms with E-state index in [0.717, 1.165) is 5.56 Å². The number of carboxylic acid groups (broad SMARTS) is 3. The van der Waals surface area contributed by atoms with Crippen molar-refractivity contribution in [3.63, 3.8) is 0 Å². The first-order valence-electron chi connectivity index (χ1n) is 13.5. The lowest BCUT2D eigenvalue weighted by Crippen LogP contribution is -2.57. The number of carboxylic acids is 3. The maximum absolute atomic E-state index is 13.7. The molecule has 1 aliphatic rings. The number of carbonyl (C=O) groups is 4. The first kappa shape index (κ1) is 33.1. The van der Waals surface area contributed by atoms with Gasteiger partial charge in [-0.1, -0.05) is 37.3 Å². The molecule has 13 nitrogen and oxygen atoms in total. The van der Waals surface area contributed by atoms with Gasteiger partial charge >= 0.3 is 17.9 Å². The highest BCUT2D eigenvalue weighted by molar-refractivity contribution is 5.83. The molecule has 0 bridgehead atoms. The Labute approximate surface area is 235 Å². The van der Waals surface area contributed by atoms with E-state index in [1.807, 2.05) is 44.3 Å². The van der Waals surface area contributed by atoms with Crippen LogP contribution >= 0.6 is 0 Å². The fraction of sp³-hybridized carbons (Fsp3) is 0.630. The minimum absolute atomic E-state index is 0.0193. The lowest BCUT2D eigenvalue weighted by Gasteiger charge is -2.38. The molecule has 40 heavy (non-hydrogen) atoms. The van der Waals surface area contributed by atoms with Gasteiger partial charge in [0.2, 0.25) is 5.91 Å². The van der Waals surface area contributed by atoms with E-state index in [0.29, 0.717) is 39.3 Å². The van der Waals surface area contributed by atoms with Crippen LogP contribution in [0.4, 0.5) is 0 Å². The summed E-state index contributed by atoms with van der Waals surface area (Å²) in [6.07, 6.45) is 0. The predicted molar refractivity (Wildman–Crippen MR) is 147 cm³/mol. The number of hydrogen-bond donors (Lipinski definition) is 3. The zero-order chi connectivity index (χ0) is 29.5. The number of ether oxygens (including phenoxy) is 1. The second-order valence-electron chi connectivity index (χ2n) is 9.94. The molecule has 0 saturated carbocycles. The SMILES string of the molecule is CCN(CCN(CCN(CC(=O)O)C(COCc1ccccc1)C(=O)N1CCN(C)CC1)CC(=O)O)CC(=O)O. The molecule has 2 rings (SSSR count). The third kappa shape index (κ3) is 12.4. The van der Waals surface area contributed by atoms with E-state index in [-0.39, 0.29) is 51.8 Å². The molecule has 1 atom stereocenters. The third-order valence-corrected chi connectivity index (χ3v) is 6.87. The zero-order valence-corrected chi connectivity index (χ0v) is 23.5. The van der Waals surface area contributed by atoms with Crippen LogP contribution in [0.1, 0.15) is 12.5 Å². The molecule has 1 amide bonds. The molecule has 1 fully saturated rings. The Balaban J connectivity index is 2.17. The predicted octanol–water partition coefficient (Wildman–Crippen LogP) is -0.474. The van der Waals surface area contributed by atoms with Crippen molar-refractivity contribution < 1.29 is 39.2 Å². The number of nitrogens with zero attached hydrogens (tertiary/aromatic N) is 5. The van der Waals surface area contributed by atoms with Gasteiger partial charge in [0.1, 0.15) is 6.04 Å². The van der Waals surface area contributed by atoms with Crippen LogP contribution in [-0.4, -0.2) is 162 Å². The van der Waals surface area contributed by atoms with Gasteiger partial charge in [-0.15, -0.1) is 0 Å². The second-order valence-corrected chi connectivity index (χ2v) is 9.94. The first-order chi connectivity index (χ1) is 19.1. The Kier molecular flexibility index (Phi) is 14.5. The zero-order valence-electron chi connectivity index (χ0n) is 23.5. The summed E-state index contributed by atoms with van der Waals surface area (Å²) < 4.78 is 5.92. The highest BCUT2D eigenvalue weighted by atomic mass is 16.5. The van der Waals surface area contributed by atoms with Gasteiger partial charge in [-0.3, -0.25) is 33.9 Å². The van der Waals surface area contributed by atoms with E-state index in [1.54, 1.807) is 14.7 Å². The maximum atomic E-state index is 13.7. The number of aliphatic carboxylic acids is 3. The largest absolute Gasteiger partial charge is 0.480 e. The lowest BCUT2D eigenvalue weighted by atomic mass is 10.2. The van der Waals surface area contributed by atoms with Crippen LogP contribution in [0.25, 0.3) is 0 Å². The number of likely N-dealkylation sites (N-methyl/N-ethyl adjacent to an activating group) is 2. The average Bonchev–Trinajstić information content (AvgIpc) is 2.91. The van der Waals surface area contributed by atoms with Gasteiger partial charge in [-0.05, 0) is 19.2 Å². The molecule has 0 aromatic heterocycles. The Hall–Kier alpha value is -3.10. The Morgan fingerprint density at radius 1 is 0.825 bits per heavy atom. The normalized spacial score (nSPS) is 15.1. The summed E-state index contributed by atoms with van der Waals surface area (Å²) in [5.41, 5.74) is 0.924. The minimum Gasteiger partial charge on any atom is -0.480 e. The molecular formula is C27H43N5O8. The van der Waals surface area contributed by atoms with E-state index in [1.165, 1.54) is 4.90 Å². The fourth-order valence-corrected chi connectivity index (χ4v) is 4.51. The van der Waals surface area contributed by atoms with E-state index >= 15 is 0 Å². The van der Waals surface area contributed by atoms with E-state index in [4.69, 9.17) is 9.84 Å². The number of piperazine rings is 1. The van der Waals surface area contributed by atoms with Crippen molar-refractivity contribution in [1.29, 1.82) is 0 Å². The van der Waals surface area contributed by atoms with Crippen molar-refractivity contribution in [1.82, 2.24) is 24.5 Å². The summed E-state index contributed by atoms with van der Waals surface area (Å²) in [4.78, 5) is 56.9. The molecule has 0 spiro atoms. The summed E-state index contributed by atoms with van der Waals surface area (Å²) in [6, 6.07) is 8.60. The van der Waals surface area contributed by atoms with Gasteiger partial charge in [0, 0.05) is 52.4 Å². The summed E-state index contributed by atoms with van der Waals surface area (Å²) in [7, 11) is 1.98. The molecule has 1 unspecified atom stereocenters. The van der Waals surface area contributed by atoms with Gasteiger partial charge in [-0.2, -0.15) is 0 Å². The highest BCUT2D eigenvalue weighted by Crippen LogP contribution is 2.11. The topological polar surface area (TPSA) is 154 Å². The molecule has 0 aliphatic carbocycles. The van der Waals surface area contributed by atoms with Crippen LogP contribution in [0.3, 0.4) is 0 Å². The fourth-order valence-electron chi connectivity index (χ4n) is 4.51. The Bertz CT molecular complexity index is 942. The van der Waals surface area contributed by atoms with Crippen LogP contribution < -0.4 is 0 Å². The second kappa shape index (κ2) is 17.6. The monoisotopic (exact) mass is 565 g/mol. The Morgan fingerprint density at radius 3 is 1.95 bits per heavy atom. The molecule has 3 N–H and O–H groups in total. The molecule has 1 saturated heterocycles. The maximum Gasteiger partial charge on any atom is 0.317 e. The molecule has 13 heteroatoms. The van der Waals surface area contributed by atoms with Gasteiger partial charge in [-0.25, -0.2) is 0 Å². The van der Waals surface area contributed by atoms with Crippen molar-refractivity contribution in [3.05, 3.63) is 35.9 Å². The van der Waals surface area contributed by atoms with Crippen molar-refractivity contribution in [2.75, 3.05) is 92.2 Å². The number of carbonyl (C=O) groups excluding carboxylic acids is 1. The van der Waals surface area contributed by atoms with E-state index < -0.39 is 30.5 Å². The molecule has 224 valence electrons. The van der Waals surface area contributed by atoms with Crippen LogP contribution in [0.2, 0.25) is 0 Å². The molecule has 1 aliphatic heterocycles. The first-order valence-corrected chi connectivity index (χ1v) is 13.5. The summed E-state index contributed by atoms with van der Waals surface area (Å²) in [5, 5.41) is 28.2. The van der Waals surface area contributed by atoms with E-state index in [9.17, 15) is 29.4 Å². The lowest BCUT2D eigenvalue weighted by molar-refractivity contribution is -0.146. The molecule has 1 aromatic carbocycles. The van der Waals surface area contributed by atoms with Crippen LogP contribution in [0.5, 0.6) is 0 Å². The molecular weight excluding hydrogens is 522 g/mol. The minimum atomic E-state index is -1.11. The number of rotatable bonds is 19. The number of benzene rings is 1. The van der Waals surface area contributed by atoms with Gasteiger partial charge in [0.25, 0.3) is 0 Å². The summed E-state index contributed by atoms with van der Waals surface area (Å²) >= 11 is 0. The van der Waals surface area contributed by atoms with Crippen molar-refractivity contribution in [2.24, 2.45) is 0 Å². The van der Waals surface area contributed by atoms with Crippen LogP contribution in [0.15, 0.2) is 30.3 Å². The third-order valence-electron chi connectivity index (χ3n) is 6.87. The van der Waals surface area contributed by atoms with Crippen molar-refractivity contribution >= 4 is 23.8 Å². The van der Waals surface area contributed by atoms with Gasteiger partial charge in [0.05, 0.1) is 32.8 Å². The highest BCUT2D eigenvalue weighted by Gasteiger charge is 2.33. The van der Waals surface area contributed by atoms with Gasteiger partial charge < -0.3 is 29.9 Å². The summed E-state index contributed by atoms with van der Waals surface area (Å²) in [6.45, 7) is 5.02. The molecule has 0 radical (unpaired) electrons. The number of hydrogen-bond acceptors (Lipinski definition) is 9. The quantitative estimate of drug-likeness (QED) is 0.199. The smallest absolute Gasteiger partial charge is 0.317 e. The van der Waals surface area contributed by atoms with Gasteiger partial charge in [0.15, 0.2) is 0 Å². The van der Waals surface area contributed by atoms with Crippen LogP contribution in [-0.2, 0) is 30.5 Å². The number of amides is 1.